The number of nitrogens with one attached hydrogen (secondary N) is 2. The molecule has 1 fully saturated rings. The van der Waals surface area contributed by atoms with E-state index in [-0.39, 0.29) is 31.8 Å². The smallest absolute Gasteiger partial charge is 0.389 e. The molecule has 1 saturated carbocycles. The standard InChI is InChI=1S/C19H23F5N8O2/c20-18(21)4-12(18)9-31(26)14(5-25)17(34)28-8-13-10-32-15(30-13)3-11(7-29-32)6-27-16(33)1-2-19(22,23)24/h3,5,7,10,12H,1-2,4,6,8-9,25-26H2,(H,27,33)(H,28,34)/b14-5-. The van der Waals surface area contributed by atoms with E-state index in [1.807, 2.05) is 0 Å². The van der Waals surface area contributed by atoms with Gasteiger partial charge in [-0.1, -0.05) is 0 Å². The third-order valence-electron chi connectivity index (χ3n) is 5.05. The Bertz CT molecular complexity index is 1080. The SMILES string of the molecule is N/C=C(/C(=O)NCc1cn2ncc(CNC(=O)CCC(F)(F)F)cc2n1)N(N)CC1CC1(F)F. The molecule has 0 aromatic carbocycles. The zero-order valence-electron chi connectivity index (χ0n) is 17.8. The first kappa shape index (κ1) is 25.1. The minimum absolute atomic E-state index is 0.0316. The average Bonchev–Trinajstić information content (AvgIpc) is 3.16. The number of nitrogens with two attached hydrogens (primary N) is 2. The maximum Gasteiger partial charge on any atom is 0.389 e. The van der Waals surface area contributed by atoms with Gasteiger partial charge in [0.05, 0.1) is 31.1 Å². The van der Waals surface area contributed by atoms with Crippen molar-refractivity contribution in [2.75, 3.05) is 6.54 Å². The minimum atomic E-state index is -4.41. The summed E-state index contributed by atoms with van der Waals surface area (Å²) < 4.78 is 64.1. The molecule has 0 bridgehead atoms. The molecule has 0 radical (unpaired) electrons. The number of hydrogen-bond donors (Lipinski definition) is 4. The lowest BCUT2D eigenvalue weighted by atomic mass is 10.2. The van der Waals surface area contributed by atoms with Crippen LogP contribution >= 0.6 is 0 Å². The second-order valence-corrected chi connectivity index (χ2v) is 7.84. The van der Waals surface area contributed by atoms with E-state index in [1.165, 1.54) is 16.9 Å². The summed E-state index contributed by atoms with van der Waals surface area (Å²) in [5.74, 6) is 0.555. The summed E-state index contributed by atoms with van der Waals surface area (Å²) in [6.07, 6.45) is -2.72. The number of halogens is 5. The van der Waals surface area contributed by atoms with E-state index in [1.54, 1.807) is 6.07 Å². The summed E-state index contributed by atoms with van der Waals surface area (Å²) in [4.78, 5) is 28.2. The van der Waals surface area contributed by atoms with Crippen molar-refractivity contribution in [3.8, 4) is 0 Å². The van der Waals surface area contributed by atoms with Crippen molar-refractivity contribution in [3.05, 3.63) is 41.6 Å². The number of imidazole rings is 1. The van der Waals surface area contributed by atoms with E-state index >= 15 is 0 Å². The Kier molecular flexibility index (Phi) is 7.24. The van der Waals surface area contributed by atoms with Gasteiger partial charge in [-0.3, -0.25) is 9.59 Å². The molecule has 1 atom stereocenters. The molecule has 6 N–H and O–H groups in total. The molecule has 10 nitrogen and oxygen atoms in total. The van der Waals surface area contributed by atoms with Crippen LogP contribution in [0, 0.1) is 5.92 Å². The van der Waals surface area contributed by atoms with Gasteiger partial charge < -0.3 is 21.4 Å². The molecule has 34 heavy (non-hydrogen) atoms. The van der Waals surface area contributed by atoms with Crippen molar-refractivity contribution in [3.63, 3.8) is 0 Å². The number of rotatable bonds is 10. The van der Waals surface area contributed by atoms with Gasteiger partial charge in [0.1, 0.15) is 5.70 Å². The maximum atomic E-state index is 13.1. The molecule has 2 heterocycles. The summed E-state index contributed by atoms with van der Waals surface area (Å²) in [6.45, 7) is -0.302. The van der Waals surface area contributed by atoms with Crippen LogP contribution in [0.3, 0.4) is 0 Å². The second-order valence-electron chi connectivity index (χ2n) is 7.84. The zero-order valence-corrected chi connectivity index (χ0v) is 17.8. The number of alkyl halides is 5. The monoisotopic (exact) mass is 490 g/mol. The summed E-state index contributed by atoms with van der Waals surface area (Å²) in [5.41, 5.74) is 6.54. The summed E-state index contributed by atoms with van der Waals surface area (Å²) in [5, 5.41) is 9.90. The number of hydrazine groups is 1. The summed E-state index contributed by atoms with van der Waals surface area (Å²) >= 11 is 0. The first-order valence-electron chi connectivity index (χ1n) is 10.1. The first-order valence-corrected chi connectivity index (χ1v) is 10.1. The van der Waals surface area contributed by atoms with E-state index in [0.717, 1.165) is 11.2 Å². The summed E-state index contributed by atoms with van der Waals surface area (Å²) in [7, 11) is 0. The average molecular weight is 490 g/mol. The lowest BCUT2D eigenvalue weighted by Gasteiger charge is -2.20. The van der Waals surface area contributed by atoms with E-state index in [0.29, 0.717) is 16.9 Å². The lowest BCUT2D eigenvalue weighted by Crippen LogP contribution is -2.41. The fourth-order valence-corrected chi connectivity index (χ4v) is 3.06. The van der Waals surface area contributed by atoms with Gasteiger partial charge in [0.15, 0.2) is 5.65 Å². The van der Waals surface area contributed by atoms with Crippen molar-refractivity contribution in [2.45, 2.75) is 44.5 Å². The van der Waals surface area contributed by atoms with Crippen LogP contribution in [0.5, 0.6) is 0 Å². The van der Waals surface area contributed by atoms with E-state index in [9.17, 15) is 31.5 Å². The van der Waals surface area contributed by atoms with Gasteiger partial charge in [-0.05, 0) is 11.6 Å². The van der Waals surface area contributed by atoms with Crippen LogP contribution in [0.4, 0.5) is 22.0 Å². The third-order valence-corrected chi connectivity index (χ3v) is 5.05. The second kappa shape index (κ2) is 9.79. The number of aromatic nitrogens is 3. The fraction of sp³-hybridized carbons (Fsp3) is 0.474. The number of nitrogens with zero attached hydrogens (tertiary/aromatic N) is 4. The van der Waals surface area contributed by atoms with Crippen molar-refractivity contribution < 1.29 is 31.5 Å². The molecule has 15 heteroatoms. The van der Waals surface area contributed by atoms with Crippen molar-refractivity contribution >= 4 is 17.5 Å². The molecular weight excluding hydrogens is 467 g/mol. The first-order chi connectivity index (χ1) is 15.9. The molecule has 1 unspecified atom stereocenters. The number of amides is 2. The van der Waals surface area contributed by atoms with Crippen LogP contribution in [0.2, 0.25) is 0 Å². The molecule has 0 spiro atoms. The molecule has 1 aliphatic carbocycles. The lowest BCUT2D eigenvalue weighted by molar-refractivity contribution is -0.144. The quantitative estimate of drug-likeness (QED) is 0.168. The summed E-state index contributed by atoms with van der Waals surface area (Å²) in [6, 6.07) is 1.57. The topological polar surface area (TPSA) is 144 Å². The third kappa shape index (κ3) is 6.76. The highest BCUT2D eigenvalue weighted by Gasteiger charge is 2.57. The minimum Gasteiger partial charge on any atom is -0.403 e. The van der Waals surface area contributed by atoms with Crippen molar-refractivity contribution in [2.24, 2.45) is 17.5 Å². The Balaban J connectivity index is 1.52. The van der Waals surface area contributed by atoms with Gasteiger partial charge >= 0.3 is 6.18 Å². The van der Waals surface area contributed by atoms with Crippen LogP contribution in [0.1, 0.15) is 30.5 Å². The van der Waals surface area contributed by atoms with Crippen LogP contribution in [0.15, 0.2) is 30.4 Å². The van der Waals surface area contributed by atoms with E-state index < -0.39 is 42.7 Å². The van der Waals surface area contributed by atoms with Crippen LogP contribution < -0.4 is 22.2 Å². The van der Waals surface area contributed by atoms with Gasteiger partial charge in [-0.25, -0.2) is 24.1 Å². The largest absolute Gasteiger partial charge is 0.403 e. The Labute approximate surface area is 190 Å². The molecule has 186 valence electrons. The Morgan fingerprint density at radius 2 is 2.00 bits per heavy atom. The number of carbonyl (C=O) groups is 2. The molecule has 0 aliphatic heterocycles. The Hall–Kier alpha value is -3.49. The normalized spacial score (nSPS) is 17.5. The Morgan fingerprint density at radius 3 is 2.62 bits per heavy atom. The van der Waals surface area contributed by atoms with Crippen molar-refractivity contribution in [1.82, 2.24) is 30.2 Å². The highest BCUT2D eigenvalue weighted by atomic mass is 19.4. The van der Waals surface area contributed by atoms with Crippen molar-refractivity contribution in [1.29, 1.82) is 0 Å². The molecule has 2 amide bonds. The van der Waals surface area contributed by atoms with Gasteiger partial charge in [-0.15, -0.1) is 0 Å². The highest BCUT2D eigenvalue weighted by Crippen LogP contribution is 2.48. The molecule has 2 aromatic heterocycles. The number of carbonyl (C=O) groups excluding carboxylic acids is 2. The Morgan fingerprint density at radius 1 is 1.29 bits per heavy atom. The maximum absolute atomic E-state index is 13.1. The van der Waals surface area contributed by atoms with Gasteiger partial charge in [0.25, 0.3) is 11.8 Å². The number of fused-ring (bicyclic) bond motifs is 1. The van der Waals surface area contributed by atoms with E-state index in [2.05, 4.69) is 20.7 Å². The predicted octanol–water partition coefficient (Wildman–Crippen LogP) is 0.935. The fourth-order valence-electron chi connectivity index (χ4n) is 3.06. The molecular formula is C19H23F5N8O2. The van der Waals surface area contributed by atoms with Crippen LogP contribution in [-0.4, -0.2) is 50.1 Å². The molecule has 3 rings (SSSR count). The highest BCUT2D eigenvalue weighted by molar-refractivity contribution is 5.92. The predicted molar refractivity (Wildman–Crippen MR) is 108 cm³/mol. The van der Waals surface area contributed by atoms with Gasteiger partial charge in [-0.2, -0.15) is 18.3 Å². The number of hydrogen-bond acceptors (Lipinski definition) is 7. The van der Waals surface area contributed by atoms with Gasteiger partial charge in [0, 0.05) is 38.0 Å². The van der Waals surface area contributed by atoms with Gasteiger partial charge in [0.2, 0.25) is 5.91 Å². The molecule has 2 aromatic rings. The zero-order chi connectivity index (χ0) is 25.1. The van der Waals surface area contributed by atoms with Crippen LogP contribution in [-0.2, 0) is 22.7 Å². The molecule has 0 saturated heterocycles. The van der Waals surface area contributed by atoms with Crippen LogP contribution in [0.25, 0.3) is 5.65 Å². The molecule has 1 aliphatic rings. The van der Waals surface area contributed by atoms with E-state index in [4.69, 9.17) is 11.6 Å².